The van der Waals surface area contributed by atoms with E-state index in [4.69, 9.17) is 11.6 Å². The van der Waals surface area contributed by atoms with Crippen molar-refractivity contribution in [1.29, 1.82) is 0 Å². The minimum absolute atomic E-state index is 0.0689. The summed E-state index contributed by atoms with van der Waals surface area (Å²) >= 11 is 6.03. The summed E-state index contributed by atoms with van der Waals surface area (Å²) < 4.78 is 39.1. The van der Waals surface area contributed by atoms with Gasteiger partial charge in [-0.25, -0.2) is 12.8 Å². The normalized spacial score (nSPS) is 11.9. The van der Waals surface area contributed by atoms with Crippen molar-refractivity contribution in [3.8, 4) is 0 Å². The number of halogens is 2. The molecule has 112 valence electrons. The molecule has 0 aliphatic rings. The number of sulfonamides is 1. The summed E-state index contributed by atoms with van der Waals surface area (Å²) in [6, 6.07) is 10.5. The molecule has 0 saturated heterocycles. The molecule has 0 aliphatic heterocycles. The molecular weight excluding hydrogens is 313 g/mol. The molecule has 0 aliphatic carbocycles. The van der Waals surface area contributed by atoms with Crippen LogP contribution in [0.15, 0.2) is 47.4 Å². The molecule has 0 heterocycles. The van der Waals surface area contributed by atoms with Gasteiger partial charge in [-0.1, -0.05) is 29.8 Å². The molecule has 0 saturated carbocycles. The van der Waals surface area contributed by atoms with Crippen LogP contribution in [0.3, 0.4) is 0 Å². The zero-order valence-corrected chi connectivity index (χ0v) is 13.2. The van der Waals surface area contributed by atoms with E-state index in [1.54, 1.807) is 24.3 Å². The largest absolute Gasteiger partial charge is 0.244 e. The highest BCUT2D eigenvalue weighted by Crippen LogP contribution is 2.25. The maximum Gasteiger partial charge on any atom is 0.244 e. The third-order valence-electron chi connectivity index (χ3n) is 3.09. The van der Waals surface area contributed by atoms with Crippen LogP contribution in [0.2, 0.25) is 5.02 Å². The van der Waals surface area contributed by atoms with Crippen molar-refractivity contribution in [2.75, 3.05) is 7.05 Å². The lowest BCUT2D eigenvalue weighted by atomic mass is 10.2. The quantitative estimate of drug-likeness (QED) is 0.860. The zero-order chi connectivity index (χ0) is 15.6. The Hall–Kier alpha value is -1.43. The molecule has 0 amide bonds. The van der Waals surface area contributed by atoms with Crippen molar-refractivity contribution in [1.82, 2.24) is 4.31 Å². The summed E-state index contributed by atoms with van der Waals surface area (Å²) in [4.78, 5) is 0.0689. The highest BCUT2D eigenvalue weighted by molar-refractivity contribution is 7.89. The Morgan fingerprint density at radius 3 is 2.33 bits per heavy atom. The summed E-state index contributed by atoms with van der Waals surface area (Å²) in [5.41, 5.74) is 1.59. The van der Waals surface area contributed by atoms with E-state index in [2.05, 4.69) is 0 Å². The van der Waals surface area contributed by atoms with Crippen LogP contribution < -0.4 is 0 Å². The Kier molecular flexibility index (Phi) is 4.66. The molecule has 0 fully saturated rings. The molecule has 2 rings (SSSR count). The molecule has 0 aromatic heterocycles. The first-order chi connectivity index (χ1) is 9.80. The van der Waals surface area contributed by atoms with Crippen LogP contribution in [0.5, 0.6) is 0 Å². The van der Waals surface area contributed by atoms with Crippen LogP contribution in [0.1, 0.15) is 11.1 Å². The molecule has 2 aromatic carbocycles. The highest BCUT2D eigenvalue weighted by Gasteiger charge is 2.23. The van der Waals surface area contributed by atoms with Gasteiger partial charge in [0.15, 0.2) is 0 Å². The first-order valence-corrected chi connectivity index (χ1v) is 8.09. The average Bonchev–Trinajstić information content (AvgIpc) is 2.40. The van der Waals surface area contributed by atoms with Crippen molar-refractivity contribution in [3.05, 3.63) is 64.4 Å². The van der Waals surface area contributed by atoms with Crippen molar-refractivity contribution in [2.45, 2.75) is 18.4 Å². The Morgan fingerprint density at radius 2 is 1.76 bits per heavy atom. The van der Waals surface area contributed by atoms with E-state index < -0.39 is 10.0 Å². The van der Waals surface area contributed by atoms with E-state index in [0.29, 0.717) is 5.56 Å². The molecule has 0 N–H and O–H groups in total. The first-order valence-electron chi connectivity index (χ1n) is 6.27. The van der Waals surface area contributed by atoms with Crippen LogP contribution in [-0.2, 0) is 16.6 Å². The Morgan fingerprint density at radius 1 is 1.14 bits per heavy atom. The monoisotopic (exact) mass is 327 g/mol. The third kappa shape index (κ3) is 3.61. The Balaban J connectivity index is 2.28. The van der Waals surface area contributed by atoms with E-state index in [-0.39, 0.29) is 22.3 Å². The van der Waals surface area contributed by atoms with Crippen LogP contribution in [0.4, 0.5) is 4.39 Å². The first kappa shape index (κ1) is 15.9. The topological polar surface area (TPSA) is 37.4 Å². The van der Waals surface area contributed by atoms with Gasteiger partial charge in [0.1, 0.15) is 10.7 Å². The lowest BCUT2D eigenvalue weighted by molar-refractivity contribution is 0.466. The van der Waals surface area contributed by atoms with Gasteiger partial charge in [-0.05, 0) is 42.3 Å². The summed E-state index contributed by atoms with van der Waals surface area (Å²) in [5, 5.41) is 0.195. The van der Waals surface area contributed by atoms with Crippen molar-refractivity contribution < 1.29 is 12.8 Å². The van der Waals surface area contributed by atoms with Gasteiger partial charge in [-0.15, -0.1) is 0 Å². The molecule has 0 bridgehead atoms. The van der Waals surface area contributed by atoms with Gasteiger partial charge in [-0.3, -0.25) is 0 Å². The summed E-state index contributed by atoms with van der Waals surface area (Å²) in [7, 11) is -2.22. The minimum atomic E-state index is -3.69. The Bertz CT molecular complexity index is 745. The lowest BCUT2D eigenvalue weighted by Crippen LogP contribution is -2.26. The zero-order valence-electron chi connectivity index (χ0n) is 11.7. The fourth-order valence-electron chi connectivity index (χ4n) is 1.91. The number of nitrogens with zero attached hydrogens (tertiary/aromatic N) is 1. The van der Waals surface area contributed by atoms with Crippen molar-refractivity contribution in [3.63, 3.8) is 0 Å². The Labute approximate surface area is 129 Å². The molecule has 2 aromatic rings. The molecule has 0 radical (unpaired) electrons. The number of hydrogen-bond donors (Lipinski definition) is 0. The van der Waals surface area contributed by atoms with Crippen LogP contribution >= 0.6 is 11.6 Å². The van der Waals surface area contributed by atoms with Crippen LogP contribution in [-0.4, -0.2) is 19.8 Å². The van der Waals surface area contributed by atoms with Gasteiger partial charge in [0.25, 0.3) is 0 Å². The van der Waals surface area contributed by atoms with E-state index in [9.17, 15) is 12.8 Å². The highest BCUT2D eigenvalue weighted by atomic mass is 35.5. The van der Waals surface area contributed by atoms with Crippen molar-refractivity contribution in [2.24, 2.45) is 0 Å². The van der Waals surface area contributed by atoms with E-state index in [1.165, 1.54) is 29.6 Å². The number of hydrogen-bond acceptors (Lipinski definition) is 2. The number of benzene rings is 2. The van der Waals surface area contributed by atoms with Gasteiger partial charge in [0, 0.05) is 13.6 Å². The predicted molar refractivity (Wildman–Crippen MR) is 81.2 cm³/mol. The van der Waals surface area contributed by atoms with Gasteiger partial charge < -0.3 is 0 Å². The summed E-state index contributed by atoms with van der Waals surface area (Å²) in [6.45, 7) is 1.98. The van der Waals surface area contributed by atoms with Gasteiger partial charge in [-0.2, -0.15) is 4.31 Å². The van der Waals surface area contributed by atoms with Gasteiger partial charge in [0.05, 0.1) is 5.02 Å². The van der Waals surface area contributed by atoms with Crippen molar-refractivity contribution >= 4 is 21.6 Å². The van der Waals surface area contributed by atoms with Gasteiger partial charge >= 0.3 is 0 Å². The number of rotatable bonds is 4. The fourth-order valence-corrected chi connectivity index (χ4v) is 3.64. The average molecular weight is 328 g/mol. The molecule has 6 heteroatoms. The maximum atomic E-state index is 12.9. The second-order valence-corrected chi connectivity index (χ2v) is 7.24. The molecule has 0 atom stereocenters. The van der Waals surface area contributed by atoms with E-state index in [0.717, 1.165) is 5.56 Å². The lowest BCUT2D eigenvalue weighted by Gasteiger charge is -2.18. The molecular formula is C15H15ClFNO2S. The third-order valence-corrected chi connectivity index (χ3v) is 5.38. The van der Waals surface area contributed by atoms with Crippen LogP contribution in [0, 0.1) is 12.7 Å². The van der Waals surface area contributed by atoms with E-state index >= 15 is 0 Å². The van der Waals surface area contributed by atoms with E-state index in [1.807, 2.05) is 6.92 Å². The fraction of sp³-hybridized carbons (Fsp3) is 0.200. The smallest absolute Gasteiger partial charge is 0.207 e. The minimum Gasteiger partial charge on any atom is -0.207 e. The van der Waals surface area contributed by atoms with Crippen LogP contribution in [0.25, 0.3) is 0 Å². The molecule has 0 spiro atoms. The SMILES string of the molecule is Cc1ccc(S(=O)(=O)N(C)Cc2ccc(F)cc2)c(Cl)c1. The molecule has 21 heavy (non-hydrogen) atoms. The van der Waals surface area contributed by atoms with Gasteiger partial charge in [0.2, 0.25) is 10.0 Å². The molecule has 3 nitrogen and oxygen atoms in total. The summed E-state index contributed by atoms with van der Waals surface area (Å²) in [5.74, 6) is -0.356. The second-order valence-electron chi connectivity index (χ2n) is 4.82. The maximum absolute atomic E-state index is 12.9. The summed E-state index contributed by atoms with van der Waals surface area (Å²) in [6.07, 6.45) is 0. The predicted octanol–water partition coefficient (Wildman–Crippen LogP) is 3.61. The second kappa shape index (κ2) is 6.13. The standard InChI is InChI=1S/C15H15ClFNO2S/c1-11-3-8-15(14(16)9-11)21(19,20)18(2)10-12-4-6-13(17)7-5-12/h3-9H,10H2,1-2H3. The number of aryl methyl sites for hydroxylation is 1. The molecule has 0 unspecified atom stereocenters.